The predicted molar refractivity (Wildman–Crippen MR) is 76.6 cm³/mol. The van der Waals surface area contributed by atoms with Gasteiger partial charge in [0.25, 0.3) is 0 Å². The Hall–Kier alpha value is -1.06. The van der Waals surface area contributed by atoms with Gasteiger partial charge in [0.1, 0.15) is 5.03 Å². The Morgan fingerprint density at radius 1 is 1.00 bits per heavy atom. The van der Waals surface area contributed by atoms with E-state index in [9.17, 15) is 0 Å². The Morgan fingerprint density at radius 2 is 1.72 bits per heavy atom. The Bertz CT molecular complexity index is 597. The molecule has 0 unspecified atom stereocenters. The Balaban J connectivity index is 2.40. The number of benzene rings is 1. The molecule has 0 bridgehead atoms. The van der Waals surface area contributed by atoms with Gasteiger partial charge in [0.05, 0.1) is 0 Å². The molecule has 0 N–H and O–H groups in total. The van der Waals surface area contributed by atoms with E-state index in [-0.39, 0.29) is 0 Å². The van der Waals surface area contributed by atoms with Crippen molar-refractivity contribution in [2.75, 3.05) is 0 Å². The first kappa shape index (κ1) is 13.4. The van der Waals surface area contributed by atoms with E-state index in [1.807, 2.05) is 13.8 Å². The second-order valence-electron chi connectivity index (χ2n) is 4.42. The van der Waals surface area contributed by atoms with Crippen LogP contribution in [0.3, 0.4) is 0 Å². The lowest BCUT2D eigenvalue weighted by Gasteiger charge is -2.09. The van der Waals surface area contributed by atoms with Crippen molar-refractivity contribution in [1.82, 2.24) is 10.2 Å². The number of rotatable bonds is 2. The second kappa shape index (κ2) is 5.29. The maximum atomic E-state index is 5.96. The lowest BCUT2D eigenvalue weighted by Crippen LogP contribution is -1.95. The minimum atomic E-state index is 0.484. The van der Waals surface area contributed by atoms with Crippen LogP contribution in [-0.4, -0.2) is 10.2 Å². The van der Waals surface area contributed by atoms with Crippen molar-refractivity contribution < 1.29 is 0 Å². The summed E-state index contributed by atoms with van der Waals surface area (Å²) in [5.74, 6) is 0. The molecule has 0 aliphatic heterocycles. The van der Waals surface area contributed by atoms with Crippen LogP contribution in [0.2, 0.25) is 5.15 Å². The van der Waals surface area contributed by atoms with Gasteiger partial charge in [-0.1, -0.05) is 35.5 Å². The van der Waals surface area contributed by atoms with Crippen LogP contribution in [0, 0.1) is 27.7 Å². The zero-order valence-electron chi connectivity index (χ0n) is 10.9. The van der Waals surface area contributed by atoms with Crippen molar-refractivity contribution in [3.63, 3.8) is 0 Å². The molecular formula is C14H15ClN2S. The number of nitrogens with zero attached hydrogens (tertiary/aromatic N) is 2. The first-order valence-electron chi connectivity index (χ1n) is 5.73. The molecule has 2 aromatic rings. The van der Waals surface area contributed by atoms with Crippen LogP contribution in [0.25, 0.3) is 0 Å². The average molecular weight is 279 g/mol. The van der Waals surface area contributed by atoms with E-state index in [1.54, 1.807) is 11.8 Å². The predicted octanol–water partition coefficient (Wildman–Crippen LogP) is 4.51. The summed E-state index contributed by atoms with van der Waals surface area (Å²) in [6.45, 7) is 8.20. The summed E-state index contributed by atoms with van der Waals surface area (Å²) < 4.78 is 0. The Morgan fingerprint density at radius 3 is 2.44 bits per heavy atom. The monoisotopic (exact) mass is 278 g/mol. The van der Waals surface area contributed by atoms with Crippen LogP contribution in [0.15, 0.2) is 28.1 Å². The van der Waals surface area contributed by atoms with Crippen LogP contribution < -0.4 is 0 Å². The normalized spacial score (nSPS) is 10.7. The quantitative estimate of drug-likeness (QED) is 0.808. The van der Waals surface area contributed by atoms with Gasteiger partial charge in [0, 0.05) is 4.90 Å². The van der Waals surface area contributed by atoms with Gasteiger partial charge in [-0.05, 0) is 56.0 Å². The first-order valence-corrected chi connectivity index (χ1v) is 6.93. The number of halogens is 1. The molecule has 1 heterocycles. The summed E-state index contributed by atoms with van der Waals surface area (Å²) in [7, 11) is 0. The van der Waals surface area contributed by atoms with Crippen molar-refractivity contribution in [2.24, 2.45) is 0 Å². The van der Waals surface area contributed by atoms with Gasteiger partial charge >= 0.3 is 0 Å². The molecule has 0 saturated heterocycles. The molecule has 2 nitrogen and oxygen atoms in total. The molecule has 0 atom stereocenters. The standard InChI is InChI=1S/C14H15ClN2S/c1-8-5-6-9(2)12(7-8)18-14-11(4)10(3)13(15)16-17-14/h5-7H,1-4H3. The summed E-state index contributed by atoms with van der Waals surface area (Å²) >= 11 is 7.61. The smallest absolute Gasteiger partial charge is 0.142 e. The molecule has 0 fully saturated rings. The van der Waals surface area contributed by atoms with Crippen molar-refractivity contribution in [3.05, 3.63) is 45.6 Å². The molecule has 0 saturated carbocycles. The fourth-order valence-electron chi connectivity index (χ4n) is 1.57. The molecule has 0 aliphatic rings. The maximum Gasteiger partial charge on any atom is 0.154 e. The van der Waals surface area contributed by atoms with Crippen LogP contribution >= 0.6 is 23.4 Å². The van der Waals surface area contributed by atoms with Crippen molar-refractivity contribution in [3.8, 4) is 0 Å². The summed E-state index contributed by atoms with van der Waals surface area (Å²) in [4.78, 5) is 1.22. The molecule has 0 amide bonds. The van der Waals surface area contributed by atoms with Gasteiger partial charge in [0.2, 0.25) is 0 Å². The highest BCUT2D eigenvalue weighted by molar-refractivity contribution is 7.99. The number of aryl methyl sites for hydroxylation is 2. The van der Waals surface area contributed by atoms with Crippen LogP contribution in [-0.2, 0) is 0 Å². The van der Waals surface area contributed by atoms with E-state index < -0.39 is 0 Å². The maximum absolute atomic E-state index is 5.96. The summed E-state index contributed by atoms with van der Waals surface area (Å²) in [5, 5.41) is 9.57. The number of hydrogen-bond acceptors (Lipinski definition) is 3. The van der Waals surface area contributed by atoms with E-state index in [0.717, 1.165) is 16.2 Å². The third-order valence-electron chi connectivity index (χ3n) is 2.97. The van der Waals surface area contributed by atoms with Gasteiger partial charge in [-0.15, -0.1) is 10.2 Å². The van der Waals surface area contributed by atoms with Gasteiger partial charge in [0.15, 0.2) is 5.15 Å². The van der Waals surface area contributed by atoms with Gasteiger partial charge < -0.3 is 0 Å². The summed E-state index contributed by atoms with van der Waals surface area (Å²) in [6, 6.07) is 6.42. The molecule has 0 radical (unpaired) electrons. The van der Waals surface area contributed by atoms with Crippen molar-refractivity contribution >= 4 is 23.4 Å². The average Bonchev–Trinajstić information content (AvgIpc) is 2.34. The fourth-order valence-corrected chi connectivity index (χ4v) is 2.82. The lowest BCUT2D eigenvalue weighted by atomic mass is 10.2. The zero-order chi connectivity index (χ0) is 13.3. The Labute approximate surface area is 117 Å². The lowest BCUT2D eigenvalue weighted by molar-refractivity contribution is 0.891. The molecule has 2 rings (SSSR count). The van der Waals surface area contributed by atoms with E-state index in [2.05, 4.69) is 42.2 Å². The van der Waals surface area contributed by atoms with Crippen molar-refractivity contribution in [2.45, 2.75) is 37.6 Å². The van der Waals surface area contributed by atoms with Gasteiger partial charge in [-0.2, -0.15) is 0 Å². The highest BCUT2D eigenvalue weighted by atomic mass is 35.5. The first-order chi connectivity index (χ1) is 8.49. The minimum Gasteiger partial charge on any atom is -0.142 e. The number of hydrogen-bond donors (Lipinski definition) is 0. The van der Waals surface area contributed by atoms with E-state index >= 15 is 0 Å². The minimum absolute atomic E-state index is 0.484. The van der Waals surface area contributed by atoms with Gasteiger partial charge in [-0.25, -0.2) is 0 Å². The highest BCUT2D eigenvalue weighted by Gasteiger charge is 2.10. The molecular weight excluding hydrogens is 264 g/mol. The van der Waals surface area contributed by atoms with Crippen LogP contribution in [0.5, 0.6) is 0 Å². The van der Waals surface area contributed by atoms with E-state index in [4.69, 9.17) is 11.6 Å². The fraction of sp³-hybridized carbons (Fsp3) is 0.286. The second-order valence-corrected chi connectivity index (χ2v) is 5.81. The molecule has 1 aromatic carbocycles. The van der Waals surface area contributed by atoms with Crippen molar-refractivity contribution in [1.29, 1.82) is 0 Å². The summed E-state index contributed by atoms with van der Waals surface area (Å²) in [5.41, 5.74) is 4.60. The molecule has 18 heavy (non-hydrogen) atoms. The molecule has 0 spiro atoms. The van der Waals surface area contributed by atoms with Crippen LogP contribution in [0.4, 0.5) is 0 Å². The molecule has 94 valence electrons. The third kappa shape index (κ3) is 2.68. The highest BCUT2D eigenvalue weighted by Crippen LogP contribution is 2.33. The number of aromatic nitrogens is 2. The molecule has 4 heteroatoms. The largest absolute Gasteiger partial charge is 0.154 e. The molecule has 0 aliphatic carbocycles. The van der Waals surface area contributed by atoms with Crippen LogP contribution in [0.1, 0.15) is 22.3 Å². The molecule has 1 aromatic heterocycles. The van der Waals surface area contributed by atoms with E-state index in [1.165, 1.54) is 16.0 Å². The van der Waals surface area contributed by atoms with E-state index in [0.29, 0.717) is 5.15 Å². The summed E-state index contributed by atoms with van der Waals surface area (Å²) in [6.07, 6.45) is 0. The topological polar surface area (TPSA) is 25.8 Å². The zero-order valence-corrected chi connectivity index (χ0v) is 12.5. The Kier molecular flexibility index (Phi) is 3.93. The van der Waals surface area contributed by atoms with Gasteiger partial charge in [-0.3, -0.25) is 0 Å². The SMILES string of the molecule is Cc1ccc(C)c(Sc2nnc(Cl)c(C)c2C)c1. The third-order valence-corrected chi connectivity index (χ3v) is 4.57.